The smallest absolute Gasteiger partial charge is 0.237 e. The number of nitrogens with one attached hydrogen (secondary N) is 1. The first kappa shape index (κ1) is 21.4. The van der Waals surface area contributed by atoms with E-state index in [0.29, 0.717) is 0 Å². The third kappa shape index (κ3) is 5.32. The molecular weight excluding hydrogens is 338 g/mol. The van der Waals surface area contributed by atoms with Crippen LogP contribution in [0.3, 0.4) is 0 Å². The fourth-order valence-corrected chi connectivity index (χ4v) is 3.98. The topological polar surface area (TPSA) is 52.7 Å². The van der Waals surface area contributed by atoms with Gasteiger partial charge >= 0.3 is 0 Å². The number of benzene rings is 1. The first-order valence-electron chi connectivity index (χ1n) is 10.3. The molecule has 2 rings (SSSR count). The van der Waals surface area contributed by atoms with E-state index in [2.05, 4.69) is 29.3 Å². The summed E-state index contributed by atoms with van der Waals surface area (Å²) in [4.78, 5) is 29.4. The Balaban J connectivity index is 1.88. The van der Waals surface area contributed by atoms with E-state index in [9.17, 15) is 9.59 Å². The summed E-state index contributed by atoms with van der Waals surface area (Å²) in [6, 6.07) is 7.96. The first-order chi connectivity index (χ1) is 12.9. The molecule has 5 heteroatoms. The molecule has 1 aromatic carbocycles. The third-order valence-corrected chi connectivity index (χ3v) is 5.89. The predicted octanol–water partition coefficient (Wildman–Crippen LogP) is 3.14. The number of likely N-dealkylation sites (tertiary alicyclic amines) is 1. The zero-order chi connectivity index (χ0) is 20.0. The molecule has 1 aromatic rings. The van der Waals surface area contributed by atoms with Crippen LogP contribution in [0.5, 0.6) is 0 Å². The van der Waals surface area contributed by atoms with Crippen LogP contribution in [-0.2, 0) is 9.59 Å². The molecule has 0 radical (unpaired) electrons. The molecule has 2 amide bonds. The number of carbonyl (C=O) groups is 2. The van der Waals surface area contributed by atoms with E-state index in [1.54, 1.807) is 0 Å². The van der Waals surface area contributed by atoms with Crippen LogP contribution in [0, 0.1) is 12.8 Å². The van der Waals surface area contributed by atoms with Gasteiger partial charge in [-0.15, -0.1) is 0 Å². The van der Waals surface area contributed by atoms with Gasteiger partial charge < -0.3 is 10.2 Å². The molecule has 1 fully saturated rings. The van der Waals surface area contributed by atoms with E-state index in [-0.39, 0.29) is 29.8 Å². The maximum absolute atomic E-state index is 12.7. The standard InChI is InChI=1S/C22H35N3O2/c1-6-24(7-2)22(27)19-12-14-25(15-13-19)18(5)21(26)23-17(4)20-11-9-8-10-16(20)3/h8-11,17-19H,6-7,12-15H2,1-5H3,(H,23,26). The van der Waals surface area contributed by atoms with Crippen molar-refractivity contribution in [2.75, 3.05) is 26.2 Å². The Bertz CT molecular complexity index is 634. The highest BCUT2D eigenvalue weighted by atomic mass is 16.2. The Kier molecular flexibility index (Phi) is 7.84. The summed E-state index contributed by atoms with van der Waals surface area (Å²) < 4.78 is 0. The summed E-state index contributed by atoms with van der Waals surface area (Å²) in [6.07, 6.45) is 1.67. The molecule has 1 saturated heterocycles. The van der Waals surface area contributed by atoms with Crippen molar-refractivity contribution >= 4 is 11.8 Å². The quantitative estimate of drug-likeness (QED) is 0.799. The largest absolute Gasteiger partial charge is 0.348 e. The minimum atomic E-state index is -0.180. The Morgan fingerprint density at radius 3 is 2.30 bits per heavy atom. The number of carbonyl (C=O) groups excluding carboxylic acids is 2. The van der Waals surface area contributed by atoms with Crippen molar-refractivity contribution in [2.45, 2.75) is 59.5 Å². The van der Waals surface area contributed by atoms with Crippen LogP contribution >= 0.6 is 0 Å². The molecule has 0 bridgehead atoms. The van der Waals surface area contributed by atoms with Gasteiger partial charge in [0.25, 0.3) is 0 Å². The fraction of sp³-hybridized carbons (Fsp3) is 0.636. The first-order valence-corrected chi connectivity index (χ1v) is 10.3. The Hall–Kier alpha value is -1.88. The third-order valence-electron chi connectivity index (χ3n) is 5.89. The van der Waals surface area contributed by atoms with Gasteiger partial charge in [0, 0.05) is 19.0 Å². The van der Waals surface area contributed by atoms with Crippen molar-refractivity contribution < 1.29 is 9.59 Å². The maximum atomic E-state index is 12.7. The van der Waals surface area contributed by atoms with Crippen LogP contribution in [0.15, 0.2) is 24.3 Å². The minimum Gasteiger partial charge on any atom is -0.348 e. The molecule has 5 nitrogen and oxygen atoms in total. The Labute approximate surface area is 164 Å². The van der Waals surface area contributed by atoms with Crippen LogP contribution in [0.2, 0.25) is 0 Å². The van der Waals surface area contributed by atoms with Crippen LogP contribution < -0.4 is 5.32 Å². The average Bonchev–Trinajstić information content (AvgIpc) is 2.68. The molecule has 0 aromatic heterocycles. The monoisotopic (exact) mass is 373 g/mol. The molecule has 0 spiro atoms. The van der Waals surface area contributed by atoms with Gasteiger partial charge in [0.1, 0.15) is 0 Å². The van der Waals surface area contributed by atoms with Crippen molar-refractivity contribution in [3.05, 3.63) is 35.4 Å². The average molecular weight is 374 g/mol. The summed E-state index contributed by atoms with van der Waals surface area (Å²) in [7, 11) is 0. The van der Waals surface area contributed by atoms with Crippen molar-refractivity contribution in [2.24, 2.45) is 5.92 Å². The second-order valence-corrected chi connectivity index (χ2v) is 7.58. The Morgan fingerprint density at radius 2 is 1.74 bits per heavy atom. The van der Waals surface area contributed by atoms with Crippen molar-refractivity contribution in [3.8, 4) is 0 Å². The van der Waals surface area contributed by atoms with Crippen molar-refractivity contribution in [1.29, 1.82) is 0 Å². The molecule has 1 heterocycles. The van der Waals surface area contributed by atoms with Gasteiger partial charge in [-0.25, -0.2) is 0 Å². The van der Waals surface area contributed by atoms with Gasteiger partial charge in [0.15, 0.2) is 0 Å². The van der Waals surface area contributed by atoms with Gasteiger partial charge in [0.2, 0.25) is 11.8 Å². The van der Waals surface area contributed by atoms with E-state index in [0.717, 1.165) is 44.6 Å². The molecule has 150 valence electrons. The summed E-state index contributed by atoms with van der Waals surface area (Å²) in [5, 5.41) is 3.15. The van der Waals surface area contributed by atoms with Crippen molar-refractivity contribution in [1.82, 2.24) is 15.1 Å². The molecule has 1 aliphatic heterocycles. The fourth-order valence-electron chi connectivity index (χ4n) is 3.98. The number of piperidine rings is 1. The number of hydrogen-bond acceptors (Lipinski definition) is 3. The van der Waals surface area contributed by atoms with Crippen LogP contribution in [0.25, 0.3) is 0 Å². The lowest BCUT2D eigenvalue weighted by Gasteiger charge is -2.36. The number of amides is 2. The summed E-state index contributed by atoms with van der Waals surface area (Å²) >= 11 is 0. The second kappa shape index (κ2) is 9.88. The molecule has 1 N–H and O–H groups in total. The lowest BCUT2D eigenvalue weighted by Crippen LogP contribution is -2.50. The van der Waals surface area contributed by atoms with Gasteiger partial charge in [-0.2, -0.15) is 0 Å². The lowest BCUT2D eigenvalue weighted by atomic mass is 9.94. The van der Waals surface area contributed by atoms with Gasteiger partial charge in [-0.05, 0) is 71.7 Å². The van der Waals surface area contributed by atoms with E-state index >= 15 is 0 Å². The summed E-state index contributed by atoms with van der Waals surface area (Å²) in [6.45, 7) is 13.2. The van der Waals surface area contributed by atoms with Crippen LogP contribution in [0.4, 0.5) is 0 Å². The maximum Gasteiger partial charge on any atom is 0.237 e. The second-order valence-electron chi connectivity index (χ2n) is 7.58. The zero-order valence-electron chi connectivity index (χ0n) is 17.5. The van der Waals surface area contributed by atoms with Gasteiger partial charge in [-0.3, -0.25) is 14.5 Å². The molecule has 2 atom stereocenters. The number of hydrogen-bond donors (Lipinski definition) is 1. The zero-order valence-corrected chi connectivity index (χ0v) is 17.5. The van der Waals surface area contributed by atoms with Crippen LogP contribution in [-0.4, -0.2) is 53.8 Å². The highest BCUT2D eigenvalue weighted by Gasteiger charge is 2.31. The summed E-state index contributed by atoms with van der Waals surface area (Å²) in [5.74, 6) is 0.423. The highest BCUT2D eigenvalue weighted by molar-refractivity contribution is 5.82. The summed E-state index contributed by atoms with van der Waals surface area (Å²) in [5.41, 5.74) is 2.34. The number of aryl methyl sites for hydroxylation is 1. The minimum absolute atomic E-state index is 0.0112. The number of rotatable bonds is 7. The molecular formula is C22H35N3O2. The highest BCUT2D eigenvalue weighted by Crippen LogP contribution is 2.22. The molecule has 0 saturated carbocycles. The van der Waals surface area contributed by atoms with Crippen molar-refractivity contribution in [3.63, 3.8) is 0 Å². The predicted molar refractivity (Wildman–Crippen MR) is 109 cm³/mol. The van der Waals surface area contributed by atoms with E-state index in [1.165, 1.54) is 5.56 Å². The lowest BCUT2D eigenvalue weighted by molar-refractivity contribution is -0.137. The van der Waals surface area contributed by atoms with E-state index in [4.69, 9.17) is 0 Å². The van der Waals surface area contributed by atoms with E-state index in [1.807, 2.05) is 44.7 Å². The Morgan fingerprint density at radius 1 is 1.15 bits per heavy atom. The molecule has 2 unspecified atom stereocenters. The van der Waals surface area contributed by atoms with Gasteiger partial charge in [0.05, 0.1) is 12.1 Å². The van der Waals surface area contributed by atoms with Crippen LogP contribution in [0.1, 0.15) is 57.7 Å². The molecule has 27 heavy (non-hydrogen) atoms. The number of nitrogens with zero attached hydrogens (tertiary/aromatic N) is 2. The SMILES string of the molecule is CCN(CC)C(=O)C1CCN(C(C)C(=O)NC(C)c2ccccc2C)CC1. The molecule has 0 aliphatic carbocycles. The molecule has 1 aliphatic rings. The normalized spacial score (nSPS) is 18.0. The van der Waals surface area contributed by atoms with Gasteiger partial charge in [-0.1, -0.05) is 24.3 Å². The van der Waals surface area contributed by atoms with E-state index < -0.39 is 0 Å².